The molecule has 0 spiro atoms. The van der Waals surface area contributed by atoms with E-state index in [0.717, 1.165) is 10.7 Å². The van der Waals surface area contributed by atoms with Gasteiger partial charge in [0.25, 0.3) is 0 Å². The van der Waals surface area contributed by atoms with E-state index in [1.165, 1.54) is 15.0 Å². The highest BCUT2D eigenvalue weighted by Crippen LogP contribution is 2.31. The number of rotatable bonds is 3. The van der Waals surface area contributed by atoms with Crippen LogP contribution in [0.1, 0.15) is 17.8 Å². The minimum Gasteiger partial charge on any atom is -0.378 e. The molecule has 3 rings (SSSR count). The average molecular weight is 288 g/mol. The van der Waals surface area contributed by atoms with Gasteiger partial charge in [0.15, 0.2) is 0 Å². The van der Waals surface area contributed by atoms with Gasteiger partial charge < -0.3 is 5.32 Å². The largest absolute Gasteiger partial charge is 0.378 e. The summed E-state index contributed by atoms with van der Waals surface area (Å²) >= 11 is 7.83. The highest BCUT2D eigenvalue weighted by atomic mass is 35.5. The molecule has 19 heavy (non-hydrogen) atoms. The van der Waals surface area contributed by atoms with Crippen molar-refractivity contribution in [1.82, 2.24) is 0 Å². The fourth-order valence-electron chi connectivity index (χ4n) is 2.12. The second-order valence-electron chi connectivity index (χ2n) is 4.56. The summed E-state index contributed by atoms with van der Waals surface area (Å²) in [4.78, 5) is 1.33. The molecule has 96 valence electrons. The molecule has 0 saturated heterocycles. The molecule has 1 N–H and O–H groups in total. The summed E-state index contributed by atoms with van der Waals surface area (Å²) in [7, 11) is 0. The molecule has 1 unspecified atom stereocenters. The molecule has 0 fully saturated rings. The van der Waals surface area contributed by atoms with Crippen molar-refractivity contribution < 1.29 is 0 Å². The van der Waals surface area contributed by atoms with E-state index in [9.17, 15) is 0 Å². The van der Waals surface area contributed by atoms with Gasteiger partial charge in [-0.25, -0.2) is 0 Å². The topological polar surface area (TPSA) is 12.0 Å². The van der Waals surface area contributed by atoms with E-state index in [-0.39, 0.29) is 6.04 Å². The first kappa shape index (κ1) is 12.5. The van der Waals surface area contributed by atoms with Crippen molar-refractivity contribution in [2.24, 2.45) is 0 Å². The molecular weight excluding hydrogens is 274 g/mol. The Hall–Kier alpha value is -1.51. The number of benzene rings is 2. The van der Waals surface area contributed by atoms with E-state index in [1.807, 2.05) is 35.6 Å². The maximum absolute atomic E-state index is 6.00. The van der Waals surface area contributed by atoms with Crippen molar-refractivity contribution in [1.29, 1.82) is 0 Å². The number of hydrogen-bond acceptors (Lipinski definition) is 2. The van der Waals surface area contributed by atoms with Crippen LogP contribution in [0.5, 0.6) is 0 Å². The van der Waals surface area contributed by atoms with E-state index >= 15 is 0 Å². The predicted octanol–water partition coefficient (Wildman–Crippen LogP) is 5.73. The summed E-state index contributed by atoms with van der Waals surface area (Å²) in [6.45, 7) is 2.17. The van der Waals surface area contributed by atoms with Crippen molar-refractivity contribution in [3.63, 3.8) is 0 Å². The van der Waals surface area contributed by atoms with Crippen molar-refractivity contribution in [3.05, 3.63) is 64.5 Å². The van der Waals surface area contributed by atoms with Crippen molar-refractivity contribution in [2.45, 2.75) is 13.0 Å². The maximum atomic E-state index is 6.00. The molecule has 0 aliphatic carbocycles. The number of anilines is 1. The third kappa shape index (κ3) is 2.75. The second kappa shape index (κ2) is 5.24. The third-order valence-electron chi connectivity index (χ3n) is 3.08. The zero-order valence-electron chi connectivity index (χ0n) is 10.6. The Morgan fingerprint density at radius 2 is 1.89 bits per heavy atom. The molecule has 0 aliphatic heterocycles. The summed E-state index contributed by atoms with van der Waals surface area (Å²) in [5.74, 6) is 0. The summed E-state index contributed by atoms with van der Waals surface area (Å²) < 4.78 is 1.33. The Morgan fingerprint density at radius 1 is 1.05 bits per heavy atom. The molecule has 1 atom stereocenters. The normalized spacial score (nSPS) is 12.5. The molecule has 0 saturated carbocycles. The molecule has 0 aliphatic rings. The third-order valence-corrected chi connectivity index (χ3v) is 4.61. The fourth-order valence-corrected chi connectivity index (χ4v) is 3.37. The first-order valence-corrected chi connectivity index (χ1v) is 7.42. The van der Waals surface area contributed by atoms with E-state index in [2.05, 4.69) is 42.6 Å². The Labute approximate surface area is 121 Å². The molecule has 2 aromatic carbocycles. The lowest BCUT2D eigenvalue weighted by Crippen LogP contribution is -2.04. The summed E-state index contributed by atoms with van der Waals surface area (Å²) in [5.41, 5.74) is 1.05. The smallest absolute Gasteiger partial charge is 0.0578 e. The van der Waals surface area contributed by atoms with Crippen LogP contribution >= 0.6 is 22.9 Å². The maximum Gasteiger partial charge on any atom is 0.0578 e. The zero-order chi connectivity index (χ0) is 13.2. The SMILES string of the molecule is CC(Nc1cccc(Cl)c1)c1cc2ccccc2s1. The summed E-state index contributed by atoms with van der Waals surface area (Å²) in [6, 6.07) is 18.8. The molecule has 1 heterocycles. The lowest BCUT2D eigenvalue weighted by Gasteiger charge is -2.13. The van der Waals surface area contributed by atoms with Crippen LogP contribution in [0.3, 0.4) is 0 Å². The quantitative estimate of drug-likeness (QED) is 0.649. The molecular formula is C16H14ClNS. The monoisotopic (exact) mass is 287 g/mol. The van der Waals surface area contributed by atoms with Crippen molar-refractivity contribution in [3.8, 4) is 0 Å². The van der Waals surface area contributed by atoms with Gasteiger partial charge in [0, 0.05) is 20.3 Å². The first-order valence-electron chi connectivity index (χ1n) is 6.23. The Bertz CT molecular complexity index is 672. The predicted molar refractivity (Wildman–Crippen MR) is 85.3 cm³/mol. The van der Waals surface area contributed by atoms with Gasteiger partial charge in [-0.15, -0.1) is 11.3 Å². The van der Waals surface area contributed by atoms with Crippen LogP contribution in [0.25, 0.3) is 10.1 Å². The Kier molecular flexibility index (Phi) is 3.45. The van der Waals surface area contributed by atoms with E-state index in [1.54, 1.807) is 0 Å². The van der Waals surface area contributed by atoms with Gasteiger partial charge in [0.1, 0.15) is 0 Å². The number of halogens is 1. The molecule has 1 aromatic heterocycles. The number of fused-ring (bicyclic) bond motifs is 1. The van der Waals surface area contributed by atoms with Gasteiger partial charge in [-0.1, -0.05) is 35.9 Å². The number of hydrogen-bond donors (Lipinski definition) is 1. The van der Waals surface area contributed by atoms with Crippen molar-refractivity contribution in [2.75, 3.05) is 5.32 Å². The fraction of sp³-hybridized carbons (Fsp3) is 0.125. The van der Waals surface area contributed by atoms with E-state index in [0.29, 0.717) is 0 Å². The minimum absolute atomic E-state index is 0.274. The second-order valence-corrected chi connectivity index (χ2v) is 6.11. The minimum atomic E-state index is 0.274. The van der Waals surface area contributed by atoms with Crippen LogP contribution in [0.2, 0.25) is 5.02 Å². The molecule has 0 bridgehead atoms. The number of nitrogens with one attached hydrogen (secondary N) is 1. The molecule has 3 aromatic rings. The Morgan fingerprint density at radius 3 is 2.68 bits per heavy atom. The van der Waals surface area contributed by atoms with Crippen LogP contribution in [0, 0.1) is 0 Å². The van der Waals surface area contributed by atoms with E-state index < -0.39 is 0 Å². The lowest BCUT2D eigenvalue weighted by atomic mass is 10.2. The van der Waals surface area contributed by atoms with Crippen LogP contribution in [-0.4, -0.2) is 0 Å². The lowest BCUT2D eigenvalue weighted by molar-refractivity contribution is 0.909. The van der Waals surface area contributed by atoms with Crippen molar-refractivity contribution >= 4 is 38.7 Å². The zero-order valence-corrected chi connectivity index (χ0v) is 12.1. The van der Waals surface area contributed by atoms with Gasteiger partial charge in [-0.3, -0.25) is 0 Å². The van der Waals surface area contributed by atoms with Gasteiger partial charge >= 0.3 is 0 Å². The molecule has 1 nitrogen and oxygen atoms in total. The van der Waals surface area contributed by atoms with Gasteiger partial charge in [-0.2, -0.15) is 0 Å². The van der Waals surface area contributed by atoms with Crippen LogP contribution < -0.4 is 5.32 Å². The average Bonchev–Trinajstić information content (AvgIpc) is 2.82. The summed E-state index contributed by atoms with van der Waals surface area (Å²) in [6.07, 6.45) is 0. The van der Waals surface area contributed by atoms with Gasteiger partial charge in [-0.05, 0) is 42.6 Å². The van der Waals surface area contributed by atoms with Gasteiger partial charge in [0.2, 0.25) is 0 Å². The Balaban J connectivity index is 1.85. The summed E-state index contributed by atoms with van der Waals surface area (Å²) in [5, 5.41) is 5.55. The first-order chi connectivity index (χ1) is 9.22. The van der Waals surface area contributed by atoms with Crippen LogP contribution in [-0.2, 0) is 0 Å². The molecule has 0 radical (unpaired) electrons. The number of thiophene rings is 1. The van der Waals surface area contributed by atoms with Crippen LogP contribution in [0.15, 0.2) is 54.6 Å². The standard InChI is InChI=1S/C16H14ClNS/c1-11(18-14-7-4-6-13(17)10-14)16-9-12-5-2-3-8-15(12)19-16/h2-11,18H,1H3. The highest BCUT2D eigenvalue weighted by molar-refractivity contribution is 7.19. The van der Waals surface area contributed by atoms with Crippen LogP contribution in [0.4, 0.5) is 5.69 Å². The molecule has 0 amide bonds. The van der Waals surface area contributed by atoms with Gasteiger partial charge in [0.05, 0.1) is 6.04 Å². The molecule has 3 heteroatoms. The van der Waals surface area contributed by atoms with E-state index in [4.69, 9.17) is 11.6 Å². The highest BCUT2D eigenvalue weighted by Gasteiger charge is 2.09.